The van der Waals surface area contributed by atoms with E-state index in [1.807, 2.05) is 12.3 Å². The first kappa shape index (κ1) is 13.5. The molecule has 0 amide bonds. The fraction of sp³-hybridized carbons (Fsp3) is 0.357. The fourth-order valence-electron chi connectivity index (χ4n) is 2.41. The van der Waals surface area contributed by atoms with Gasteiger partial charge in [0, 0.05) is 25.0 Å². The Kier molecular flexibility index (Phi) is 3.76. The van der Waals surface area contributed by atoms with Gasteiger partial charge in [0.05, 0.1) is 27.9 Å². The van der Waals surface area contributed by atoms with Crippen LogP contribution in [0.4, 0.5) is 0 Å². The molecule has 3 heterocycles. The molecule has 0 saturated carbocycles. The SMILES string of the molecule is N#CCC(CC#N)c1ncc(C2N=CN=C3NC=CC32)s1. The molecule has 2 atom stereocenters. The third-order valence-corrected chi connectivity index (χ3v) is 4.70. The largest absolute Gasteiger partial charge is 0.350 e. The zero-order valence-corrected chi connectivity index (χ0v) is 11.9. The number of nitrogens with one attached hydrogen (secondary N) is 1. The molecule has 7 heteroatoms. The van der Waals surface area contributed by atoms with Crippen LogP contribution in [0.1, 0.15) is 34.7 Å². The van der Waals surface area contributed by atoms with Crippen LogP contribution in [0.25, 0.3) is 0 Å². The van der Waals surface area contributed by atoms with Crippen molar-refractivity contribution in [2.45, 2.75) is 24.8 Å². The van der Waals surface area contributed by atoms with Gasteiger partial charge in [-0.05, 0) is 6.20 Å². The standard InChI is InChI=1S/C14H12N6S/c15-4-1-9(2-5-16)14-18-7-11(21-14)12-10-3-6-17-13(10)20-8-19-12/h3,6-10,12H,1-2H2,(H,17,19,20). The van der Waals surface area contributed by atoms with Gasteiger partial charge in [0.15, 0.2) is 0 Å². The van der Waals surface area contributed by atoms with Crippen LogP contribution in [0.2, 0.25) is 0 Å². The normalized spacial score (nSPS) is 22.3. The van der Waals surface area contributed by atoms with E-state index in [2.05, 4.69) is 32.4 Å². The van der Waals surface area contributed by atoms with E-state index in [9.17, 15) is 0 Å². The highest BCUT2D eigenvalue weighted by molar-refractivity contribution is 7.11. The van der Waals surface area contributed by atoms with Gasteiger partial charge in [-0.1, -0.05) is 6.08 Å². The Labute approximate surface area is 126 Å². The van der Waals surface area contributed by atoms with Crippen molar-refractivity contribution in [3.8, 4) is 12.1 Å². The van der Waals surface area contributed by atoms with Crippen LogP contribution in [-0.4, -0.2) is 17.2 Å². The quantitative estimate of drug-likeness (QED) is 0.921. The molecule has 6 nitrogen and oxygen atoms in total. The number of hydrogen-bond donors (Lipinski definition) is 1. The Bertz CT molecular complexity index is 686. The summed E-state index contributed by atoms with van der Waals surface area (Å²) in [7, 11) is 0. The Morgan fingerprint density at radius 1 is 1.33 bits per heavy atom. The Balaban J connectivity index is 1.84. The molecule has 2 aliphatic heterocycles. The van der Waals surface area contributed by atoms with E-state index >= 15 is 0 Å². The van der Waals surface area contributed by atoms with Gasteiger partial charge in [-0.15, -0.1) is 11.3 Å². The lowest BCUT2D eigenvalue weighted by atomic mass is 9.99. The minimum atomic E-state index is -0.114. The van der Waals surface area contributed by atoms with Gasteiger partial charge in [0.25, 0.3) is 0 Å². The van der Waals surface area contributed by atoms with Crippen LogP contribution >= 0.6 is 11.3 Å². The molecular formula is C14H12N6S. The second kappa shape index (κ2) is 5.86. The van der Waals surface area contributed by atoms with Crippen LogP contribution in [0.3, 0.4) is 0 Å². The van der Waals surface area contributed by atoms with Gasteiger partial charge >= 0.3 is 0 Å². The number of fused-ring (bicyclic) bond motifs is 1. The monoisotopic (exact) mass is 296 g/mol. The highest BCUT2D eigenvalue weighted by Crippen LogP contribution is 2.37. The van der Waals surface area contributed by atoms with Gasteiger partial charge in [-0.3, -0.25) is 4.99 Å². The van der Waals surface area contributed by atoms with Crippen LogP contribution in [0.15, 0.2) is 28.5 Å². The van der Waals surface area contributed by atoms with Crippen LogP contribution in [-0.2, 0) is 0 Å². The number of thiazole rings is 1. The third kappa shape index (κ3) is 2.56. The number of rotatable bonds is 4. The van der Waals surface area contributed by atoms with E-state index in [-0.39, 0.29) is 17.9 Å². The minimum absolute atomic E-state index is 0.0279. The molecule has 2 aliphatic rings. The second-order valence-corrected chi connectivity index (χ2v) is 5.87. The molecule has 104 valence electrons. The van der Waals surface area contributed by atoms with Crippen molar-refractivity contribution in [1.82, 2.24) is 10.3 Å². The van der Waals surface area contributed by atoms with Gasteiger partial charge in [-0.25, -0.2) is 9.98 Å². The summed E-state index contributed by atoms with van der Waals surface area (Å²) in [6.45, 7) is 0. The predicted octanol–water partition coefficient (Wildman–Crippen LogP) is 2.27. The lowest BCUT2D eigenvalue weighted by Crippen LogP contribution is -2.26. The van der Waals surface area contributed by atoms with E-state index < -0.39 is 0 Å². The summed E-state index contributed by atoms with van der Waals surface area (Å²) in [5, 5.41) is 21.7. The average Bonchev–Trinajstić information content (AvgIpc) is 3.15. The highest BCUT2D eigenvalue weighted by atomic mass is 32.1. The summed E-state index contributed by atoms with van der Waals surface area (Å²) in [6.07, 6.45) is 7.91. The maximum Gasteiger partial charge on any atom is 0.117 e. The van der Waals surface area contributed by atoms with Gasteiger partial charge in [0.1, 0.15) is 18.2 Å². The second-order valence-electron chi connectivity index (χ2n) is 4.78. The van der Waals surface area contributed by atoms with Crippen molar-refractivity contribution in [1.29, 1.82) is 10.5 Å². The molecule has 3 rings (SSSR count). The molecule has 0 radical (unpaired) electrons. The van der Waals surface area contributed by atoms with Crippen LogP contribution in [0, 0.1) is 28.6 Å². The molecule has 0 fully saturated rings. The van der Waals surface area contributed by atoms with E-state index in [1.165, 1.54) is 11.3 Å². The molecule has 0 spiro atoms. The Morgan fingerprint density at radius 2 is 2.14 bits per heavy atom. The maximum atomic E-state index is 8.86. The number of nitrogens with zero attached hydrogens (tertiary/aromatic N) is 5. The zero-order chi connectivity index (χ0) is 14.7. The summed E-state index contributed by atoms with van der Waals surface area (Å²) in [4.78, 5) is 14.1. The molecule has 1 aromatic rings. The number of amidine groups is 1. The van der Waals surface area contributed by atoms with Crippen LogP contribution < -0.4 is 5.32 Å². The highest BCUT2D eigenvalue weighted by Gasteiger charge is 2.31. The van der Waals surface area contributed by atoms with Gasteiger partial charge < -0.3 is 5.32 Å². The molecule has 1 N–H and O–H groups in total. The lowest BCUT2D eigenvalue weighted by Gasteiger charge is -2.19. The molecular weight excluding hydrogens is 284 g/mol. The summed E-state index contributed by atoms with van der Waals surface area (Å²) in [5.74, 6) is 0.904. The van der Waals surface area contributed by atoms with E-state index in [4.69, 9.17) is 10.5 Å². The van der Waals surface area contributed by atoms with E-state index in [0.717, 1.165) is 15.7 Å². The lowest BCUT2D eigenvalue weighted by molar-refractivity contribution is 0.656. The number of aliphatic imine (C=N–C) groups is 2. The van der Waals surface area contributed by atoms with Gasteiger partial charge in [-0.2, -0.15) is 10.5 Å². The Morgan fingerprint density at radius 3 is 2.90 bits per heavy atom. The molecule has 0 aromatic carbocycles. The van der Waals surface area contributed by atoms with E-state index in [1.54, 1.807) is 12.5 Å². The molecule has 0 bridgehead atoms. The molecule has 21 heavy (non-hydrogen) atoms. The minimum Gasteiger partial charge on any atom is -0.350 e. The first-order valence-corrected chi connectivity index (χ1v) is 7.37. The average molecular weight is 296 g/mol. The number of nitriles is 2. The van der Waals surface area contributed by atoms with Crippen molar-refractivity contribution in [3.63, 3.8) is 0 Å². The van der Waals surface area contributed by atoms with Crippen molar-refractivity contribution < 1.29 is 0 Å². The third-order valence-electron chi connectivity index (χ3n) is 3.47. The molecule has 0 saturated heterocycles. The van der Waals surface area contributed by atoms with E-state index in [0.29, 0.717) is 12.8 Å². The topological polar surface area (TPSA) is 97.2 Å². The van der Waals surface area contributed by atoms with Crippen molar-refractivity contribution in [2.24, 2.45) is 15.9 Å². The van der Waals surface area contributed by atoms with Crippen molar-refractivity contribution in [2.75, 3.05) is 0 Å². The van der Waals surface area contributed by atoms with Gasteiger partial charge in [0.2, 0.25) is 0 Å². The summed E-state index contributed by atoms with van der Waals surface area (Å²) < 4.78 is 0. The van der Waals surface area contributed by atoms with Crippen molar-refractivity contribution >= 4 is 23.5 Å². The maximum absolute atomic E-state index is 8.86. The Hall–Kier alpha value is -2.51. The zero-order valence-electron chi connectivity index (χ0n) is 11.1. The fourth-order valence-corrected chi connectivity index (χ4v) is 3.52. The summed E-state index contributed by atoms with van der Waals surface area (Å²) in [5.41, 5.74) is 0. The summed E-state index contributed by atoms with van der Waals surface area (Å²) >= 11 is 1.53. The molecule has 2 unspecified atom stereocenters. The first-order chi connectivity index (χ1) is 10.3. The molecule has 0 aliphatic carbocycles. The molecule has 1 aromatic heterocycles. The summed E-state index contributed by atoms with van der Waals surface area (Å²) in [6, 6.07) is 4.22. The smallest absolute Gasteiger partial charge is 0.117 e. The first-order valence-electron chi connectivity index (χ1n) is 6.55. The number of hydrogen-bond acceptors (Lipinski definition) is 7. The van der Waals surface area contributed by atoms with Crippen LogP contribution in [0.5, 0.6) is 0 Å². The van der Waals surface area contributed by atoms with Crippen molar-refractivity contribution in [3.05, 3.63) is 28.4 Å². The predicted molar refractivity (Wildman–Crippen MR) is 79.7 cm³/mol. The number of aromatic nitrogens is 1.